The second-order valence-corrected chi connectivity index (χ2v) is 4.12. The number of hydrogen-bond acceptors (Lipinski definition) is 2. The van der Waals surface area contributed by atoms with E-state index in [1.165, 1.54) is 0 Å². The summed E-state index contributed by atoms with van der Waals surface area (Å²) in [5, 5.41) is 0.477. The van der Waals surface area contributed by atoms with Gasteiger partial charge in [-0.2, -0.15) is 0 Å². The van der Waals surface area contributed by atoms with Crippen LogP contribution in [0, 0.1) is 5.92 Å². The van der Waals surface area contributed by atoms with Gasteiger partial charge in [0.1, 0.15) is 5.52 Å². The van der Waals surface area contributed by atoms with Crippen molar-refractivity contribution in [1.82, 2.24) is 14.5 Å². The molecular weight excluding hydrogens is 198 g/mol. The Kier molecular flexibility index (Phi) is 2.42. The van der Waals surface area contributed by atoms with Crippen LogP contribution >= 0.6 is 11.6 Å². The second-order valence-electron chi connectivity index (χ2n) is 3.76. The first kappa shape index (κ1) is 9.46. The zero-order valence-electron chi connectivity index (χ0n) is 8.24. The Hall–Kier alpha value is -1.09. The zero-order chi connectivity index (χ0) is 10.1. The summed E-state index contributed by atoms with van der Waals surface area (Å²) >= 11 is 5.92. The molecule has 3 nitrogen and oxygen atoms in total. The number of fused-ring (bicyclic) bond motifs is 1. The van der Waals surface area contributed by atoms with E-state index in [1.807, 2.05) is 12.4 Å². The zero-order valence-corrected chi connectivity index (χ0v) is 8.99. The first-order valence-corrected chi connectivity index (χ1v) is 5.01. The Morgan fingerprint density at radius 1 is 1.43 bits per heavy atom. The van der Waals surface area contributed by atoms with Gasteiger partial charge >= 0.3 is 0 Å². The summed E-state index contributed by atoms with van der Waals surface area (Å²) in [6.45, 7) is 5.31. The van der Waals surface area contributed by atoms with Gasteiger partial charge in [0.05, 0.1) is 11.8 Å². The summed E-state index contributed by atoms with van der Waals surface area (Å²) in [4.78, 5) is 8.23. The number of hydrogen-bond donors (Lipinski definition) is 0. The molecule has 0 atom stereocenters. The van der Waals surface area contributed by atoms with E-state index in [4.69, 9.17) is 11.6 Å². The van der Waals surface area contributed by atoms with Crippen LogP contribution in [0.25, 0.3) is 11.0 Å². The highest BCUT2D eigenvalue weighted by Crippen LogP contribution is 2.19. The molecule has 0 aliphatic heterocycles. The summed E-state index contributed by atoms with van der Waals surface area (Å²) in [5.41, 5.74) is 1.84. The molecule has 2 aromatic heterocycles. The minimum Gasteiger partial charge on any atom is -0.330 e. The molecule has 0 aliphatic rings. The van der Waals surface area contributed by atoms with E-state index in [9.17, 15) is 0 Å². The highest BCUT2D eigenvalue weighted by molar-refractivity contribution is 6.33. The van der Waals surface area contributed by atoms with Crippen molar-refractivity contribution in [2.24, 2.45) is 5.92 Å². The lowest BCUT2D eigenvalue weighted by Crippen LogP contribution is -2.02. The molecule has 0 saturated heterocycles. The molecule has 0 fully saturated rings. The summed E-state index contributed by atoms with van der Waals surface area (Å²) in [6, 6.07) is 1.94. The third kappa shape index (κ3) is 1.60. The number of halogens is 1. The van der Waals surface area contributed by atoms with Crippen LogP contribution in [-0.2, 0) is 6.54 Å². The fraction of sp³-hybridized carbons (Fsp3) is 0.400. The van der Waals surface area contributed by atoms with Crippen molar-refractivity contribution in [3.05, 3.63) is 23.7 Å². The number of rotatable bonds is 2. The van der Waals surface area contributed by atoms with Gasteiger partial charge in [-0.05, 0) is 12.0 Å². The SMILES string of the molecule is CC(C)Cn1cnc2c(Cl)nccc21. The Balaban J connectivity index is 2.52. The van der Waals surface area contributed by atoms with Gasteiger partial charge in [-0.3, -0.25) is 0 Å². The van der Waals surface area contributed by atoms with Crippen molar-refractivity contribution in [1.29, 1.82) is 0 Å². The van der Waals surface area contributed by atoms with Crippen LogP contribution in [0.15, 0.2) is 18.6 Å². The molecule has 0 saturated carbocycles. The summed E-state index contributed by atoms with van der Waals surface area (Å²) in [7, 11) is 0. The van der Waals surface area contributed by atoms with Crippen molar-refractivity contribution in [2.45, 2.75) is 20.4 Å². The molecule has 0 unspecified atom stereocenters. The smallest absolute Gasteiger partial charge is 0.156 e. The van der Waals surface area contributed by atoms with Crippen LogP contribution in [0.1, 0.15) is 13.8 Å². The fourth-order valence-corrected chi connectivity index (χ4v) is 1.70. The highest BCUT2D eigenvalue weighted by atomic mass is 35.5. The molecule has 4 heteroatoms. The lowest BCUT2D eigenvalue weighted by molar-refractivity contribution is 0.533. The molecule has 0 bridgehead atoms. The highest BCUT2D eigenvalue weighted by Gasteiger charge is 2.07. The minimum atomic E-state index is 0.477. The van der Waals surface area contributed by atoms with Crippen LogP contribution < -0.4 is 0 Å². The van der Waals surface area contributed by atoms with E-state index in [0.29, 0.717) is 11.1 Å². The van der Waals surface area contributed by atoms with Gasteiger partial charge in [-0.25, -0.2) is 9.97 Å². The van der Waals surface area contributed by atoms with Crippen molar-refractivity contribution < 1.29 is 0 Å². The van der Waals surface area contributed by atoms with E-state index in [-0.39, 0.29) is 0 Å². The number of nitrogens with zero attached hydrogens (tertiary/aromatic N) is 3. The maximum atomic E-state index is 5.92. The monoisotopic (exact) mass is 209 g/mol. The molecule has 74 valence electrons. The number of pyridine rings is 1. The Bertz CT molecular complexity index is 448. The van der Waals surface area contributed by atoms with Crippen LogP contribution in [0.3, 0.4) is 0 Å². The molecule has 2 heterocycles. The van der Waals surface area contributed by atoms with Gasteiger partial charge in [0.2, 0.25) is 0 Å². The van der Waals surface area contributed by atoms with Crippen molar-refractivity contribution >= 4 is 22.6 Å². The Morgan fingerprint density at radius 2 is 2.21 bits per heavy atom. The summed E-state index contributed by atoms with van der Waals surface area (Å²) in [6.07, 6.45) is 3.53. The standard InChI is InChI=1S/C10H12ClN3/c1-7(2)5-14-6-13-9-8(14)3-4-12-10(9)11/h3-4,6-7H,5H2,1-2H3. The Morgan fingerprint density at radius 3 is 2.93 bits per heavy atom. The van der Waals surface area contributed by atoms with Crippen LogP contribution in [0.4, 0.5) is 0 Å². The molecule has 0 aliphatic carbocycles. The number of imidazole rings is 1. The molecule has 2 aromatic rings. The lowest BCUT2D eigenvalue weighted by atomic mass is 10.2. The average molecular weight is 210 g/mol. The second kappa shape index (κ2) is 3.58. The topological polar surface area (TPSA) is 30.7 Å². The quantitative estimate of drug-likeness (QED) is 0.713. The predicted molar refractivity (Wildman–Crippen MR) is 57.4 cm³/mol. The fourth-order valence-electron chi connectivity index (χ4n) is 1.50. The van der Waals surface area contributed by atoms with Crippen molar-refractivity contribution in [2.75, 3.05) is 0 Å². The van der Waals surface area contributed by atoms with Gasteiger partial charge in [0.15, 0.2) is 5.15 Å². The van der Waals surface area contributed by atoms with E-state index in [1.54, 1.807) is 6.20 Å². The van der Waals surface area contributed by atoms with Gasteiger partial charge < -0.3 is 4.57 Å². The van der Waals surface area contributed by atoms with Gasteiger partial charge in [-0.15, -0.1) is 0 Å². The van der Waals surface area contributed by atoms with E-state index in [2.05, 4.69) is 28.4 Å². The lowest BCUT2D eigenvalue weighted by Gasteiger charge is -2.06. The molecule has 0 amide bonds. The van der Waals surface area contributed by atoms with Crippen LogP contribution in [0.5, 0.6) is 0 Å². The maximum Gasteiger partial charge on any atom is 0.156 e. The van der Waals surface area contributed by atoms with E-state index >= 15 is 0 Å². The number of aromatic nitrogens is 3. The van der Waals surface area contributed by atoms with Gasteiger partial charge in [-0.1, -0.05) is 25.4 Å². The molecule has 0 N–H and O–H groups in total. The largest absolute Gasteiger partial charge is 0.330 e. The van der Waals surface area contributed by atoms with Crippen molar-refractivity contribution in [3.8, 4) is 0 Å². The third-order valence-electron chi connectivity index (χ3n) is 2.06. The Labute approximate surface area is 87.7 Å². The maximum absolute atomic E-state index is 5.92. The van der Waals surface area contributed by atoms with Gasteiger partial charge in [0.25, 0.3) is 0 Å². The minimum absolute atomic E-state index is 0.477. The average Bonchev–Trinajstić information content (AvgIpc) is 2.49. The van der Waals surface area contributed by atoms with Crippen LogP contribution in [-0.4, -0.2) is 14.5 Å². The molecule has 0 spiro atoms. The van der Waals surface area contributed by atoms with E-state index in [0.717, 1.165) is 17.6 Å². The molecule has 0 aromatic carbocycles. The first-order chi connectivity index (χ1) is 6.68. The normalized spacial score (nSPS) is 11.4. The molecule has 0 radical (unpaired) electrons. The third-order valence-corrected chi connectivity index (χ3v) is 2.33. The first-order valence-electron chi connectivity index (χ1n) is 4.64. The van der Waals surface area contributed by atoms with Crippen LogP contribution in [0.2, 0.25) is 5.15 Å². The van der Waals surface area contributed by atoms with Gasteiger partial charge in [0, 0.05) is 12.7 Å². The summed E-state index contributed by atoms with van der Waals surface area (Å²) < 4.78 is 2.10. The van der Waals surface area contributed by atoms with Crippen molar-refractivity contribution in [3.63, 3.8) is 0 Å². The predicted octanol–water partition coefficient (Wildman–Crippen LogP) is 2.74. The summed E-state index contributed by atoms with van der Waals surface area (Å²) in [5.74, 6) is 0.597. The molecule has 2 rings (SSSR count). The van der Waals surface area contributed by atoms with E-state index < -0.39 is 0 Å². The molecule has 14 heavy (non-hydrogen) atoms. The molecular formula is C10H12ClN3.